The van der Waals surface area contributed by atoms with Gasteiger partial charge in [0.25, 0.3) is 0 Å². The van der Waals surface area contributed by atoms with Crippen LogP contribution in [0.2, 0.25) is 0 Å². The highest BCUT2D eigenvalue weighted by molar-refractivity contribution is 7.89. The van der Waals surface area contributed by atoms with Gasteiger partial charge in [-0.15, -0.1) is 0 Å². The summed E-state index contributed by atoms with van der Waals surface area (Å²) in [4.78, 5) is 22.2. The Balaban J connectivity index is 1.84. The first-order chi connectivity index (χ1) is 10.4. The Bertz CT molecular complexity index is 531. The lowest BCUT2D eigenvalue weighted by Crippen LogP contribution is -2.39. The summed E-state index contributed by atoms with van der Waals surface area (Å²) in [5.74, 6) is -1.73. The zero-order chi connectivity index (χ0) is 16.3. The summed E-state index contributed by atoms with van der Waals surface area (Å²) in [6, 6.07) is -0.520. The van der Waals surface area contributed by atoms with Gasteiger partial charge in [0.2, 0.25) is 10.0 Å². The normalized spacial score (nSPS) is 28.0. The minimum atomic E-state index is -3.41. The number of methoxy groups -OCH3 is 1. The summed E-state index contributed by atoms with van der Waals surface area (Å²) in [6.45, 7) is 0. The zero-order valence-corrected chi connectivity index (χ0v) is 13.5. The van der Waals surface area contributed by atoms with Gasteiger partial charge in [-0.2, -0.15) is 4.31 Å². The van der Waals surface area contributed by atoms with E-state index in [4.69, 9.17) is 0 Å². The number of aliphatic carboxylic acids is 1. The van der Waals surface area contributed by atoms with Gasteiger partial charge in [-0.05, 0) is 32.1 Å². The van der Waals surface area contributed by atoms with Crippen LogP contribution >= 0.6 is 0 Å². The molecule has 126 valence electrons. The number of carbonyl (C=O) groups excluding carboxylic acids is 1. The van der Waals surface area contributed by atoms with Gasteiger partial charge >= 0.3 is 11.9 Å². The second kappa shape index (κ2) is 6.95. The Hall–Kier alpha value is -1.15. The van der Waals surface area contributed by atoms with Gasteiger partial charge in [-0.25, -0.2) is 8.42 Å². The first-order valence-corrected chi connectivity index (χ1v) is 9.28. The zero-order valence-electron chi connectivity index (χ0n) is 12.7. The van der Waals surface area contributed by atoms with Crippen molar-refractivity contribution in [1.29, 1.82) is 0 Å². The number of unbranched alkanes of at least 4 members (excludes halogenated alkanes) is 2. The molecule has 2 bridgehead atoms. The molecular weight excluding hydrogens is 310 g/mol. The maximum Gasteiger partial charge on any atom is 0.308 e. The smallest absolute Gasteiger partial charge is 0.308 e. The number of sulfonamides is 1. The lowest BCUT2D eigenvalue weighted by atomic mass is 9.89. The third-order valence-electron chi connectivity index (χ3n) is 4.62. The third-order valence-corrected chi connectivity index (χ3v) is 6.64. The molecule has 0 aromatic heterocycles. The molecule has 0 amide bonds. The maximum atomic E-state index is 12.5. The molecule has 2 aliphatic heterocycles. The van der Waals surface area contributed by atoms with E-state index in [-0.39, 0.29) is 23.8 Å². The van der Waals surface area contributed by atoms with Crippen molar-refractivity contribution in [2.24, 2.45) is 5.92 Å². The van der Waals surface area contributed by atoms with Crippen LogP contribution in [0.4, 0.5) is 0 Å². The lowest BCUT2D eigenvalue weighted by molar-refractivity contribution is -0.142. The maximum absolute atomic E-state index is 12.5. The van der Waals surface area contributed by atoms with Crippen molar-refractivity contribution in [3.05, 3.63) is 0 Å². The van der Waals surface area contributed by atoms with Gasteiger partial charge in [0, 0.05) is 18.5 Å². The van der Waals surface area contributed by atoms with Crippen molar-refractivity contribution in [2.45, 2.75) is 57.0 Å². The summed E-state index contributed by atoms with van der Waals surface area (Å²) in [5, 5.41) is 9.17. The Kier molecular flexibility index (Phi) is 5.44. The lowest BCUT2D eigenvalue weighted by Gasteiger charge is -2.22. The molecule has 22 heavy (non-hydrogen) atoms. The summed E-state index contributed by atoms with van der Waals surface area (Å²) >= 11 is 0. The van der Waals surface area contributed by atoms with E-state index >= 15 is 0 Å². The molecule has 3 atom stereocenters. The fraction of sp³-hybridized carbons (Fsp3) is 0.857. The Morgan fingerprint density at radius 2 is 1.95 bits per heavy atom. The predicted octanol–water partition coefficient (Wildman–Crippen LogP) is 0.987. The molecule has 2 aliphatic rings. The molecule has 3 unspecified atom stereocenters. The SMILES string of the molecule is COC(=O)CCCCCS(=O)(=O)N1C2CCC1C(C(=O)O)C2. The molecule has 0 saturated carbocycles. The topological polar surface area (TPSA) is 101 Å². The standard InChI is InChI=1S/C14H23NO6S/c1-21-13(16)5-3-2-4-8-22(19,20)15-10-6-7-12(15)11(9-10)14(17)18/h10-12H,2-9H2,1H3,(H,17,18). The first-order valence-electron chi connectivity index (χ1n) is 7.67. The molecule has 0 spiro atoms. The second-order valence-corrected chi connectivity index (χ2v) is 8.01. The van der Waals surface area contributed by atoms with Crippen molar-refractivity contribution in [1.82, 2.24) is 4.31 Å². The minimum absolute atomic E-state index is 0.0213. The van der Waals surface area contributed by atoms with Crippen molar-refractivity contribution < 1.29 is 27.9 Å². The highest BCUT2D eigenvalue weighted by atomic mass is 32.2. The summed E-state index contributed by atoms with van der Waals surface area (Å²) in [6.07, 6.45) is 3.85. The number of nitrogens with zero attached hydrogens (tertiary/aromatic N) is 1. The van der Waals surface area contributed by atoms with Crippen molar-refractivity contribution in [3.8, 4) is 0 Å². The van der Waals surface area contributed by atoms with Crippen LogP contribution in [0.25, 0.3) is 0 Å². The second-order valence-electron chi connectivity index (χ2n) is 6.01. The van der Waals surface area contributed by atoms with Crippen LogP contribution in [-0.4, -0.2) is 54.7 Å². The van der Waals surface area contributed by atoms with Gasteiger partial charge in [-0.1, -0.05) is 6.42 Å². The van der Waals surface area contributed by atoms with Crippen LogP contribution in [0.5, 0.6) is 0 Å². The van der Waals surface area contributed by atoms with Gasteiger partial charge in [0.05, 0.1) is 18.8 Å². The number of ether oxygens (including phenoxy) is 1. The van der Waals surface area contributed by atoms with E-state index in [1.165, 1.54) is 11.4 Å². The number of rotatable bonds is 8. The molecule has 1 N–H and O–H groups in total. The van der Waals surface area contributed by atoms with Gasteiger partial charge in [0.15, 0.2) is 0 Å². The molecule has 2 saturated heterocycles. The minimum Gasteiger partial charge on any atom is -0.481 e. The van der Waals surface area contributed by atoms with Crippen molar-refractivity contribution in [2.75, 3.05) is 12.9 Å². The quantitative estimate of drug-likeness (QED) is 0.525. The molecule has 2 rings (SSSR count). The van der Waals surface area contributed by atoms with Crippen molar-refractivity contribution >= 4 is 22.0 Å². The number of carboxylic acids is 1. The van der Waals surface area contributed by atoms with E-state index in [9.17, 15) is 23.1 Å². The number of esters is 1. The van der Waals surface area contributed by atoms with Crippen LogP contribution < -0.4 is 0 Å². The summed E-state index contributed by atoms with van der Waals surface area (Å²) in [5.41, 5.74) is 0. The van der Waals surface area contributed by atoms with E-state index < -0.39 is 21.9 Å². The van der Waals surface area contributed by atoms with E-state index in [1.807, 2.05) is 0 Å². The fourth-order valence-electron chi connectivity index (χ4n) is 3.58. The molecule has 0 aromatic rings. The molecule has 8 heteroatoms. The number of hydrogen-bond acceptors (Lipinski definition) is 5. The first kappa shape index (κ1) is 17.2. The van der Waals surface area contributed by atoms with Crippen molar-refractivity contribution in [3.63, 3.8) is 0 Å². The number of hydrogen-bond donors (Lipinski definition) is 1. The molecule has 0 aliphatic carbocycles. The molecule has 2 fully saturated rings. The summed E-state index contributed by atoms with van der Waals surface area (Å²) in [7, 11) is -2.09. The number of carboxylic acid groups (broad SMARTS) is 1. The largest absolute Gasteiger partial charge is 0.481 e. The fourth-order valence-corrected chi connectivity index (χ4v) is 5.67. The number of carbonyl (C=O) groups is 2. The molecular formula is C14H23NO6S. The van der Waals surface area contributed by atoms with Crippen LogP contribution in [0.15, 0.2) is 0 Å². The molecule has 2 heterocycles. The van der Waals surface area contributed by atoms with Crippen LogP contribution in [0.1, 0.15) is 44.9 Å². The third kappa shape index (κ3) is 3.60. The van der Waals surface area contributed by atoms with Crippen LogP contribution in [-0.2, 0) is 24.3 Å². The van der Waals surface area contributed by atoms with Crippen LogP contribution in [0, 0.1) is 5.92 Å². The van der Waals surface area contributed by atoms with Gasteiger partial charge in [0.1, 0.15) is 0 Å². The average molecular weight is 333 g/mol. The Morgan fingerprint density at radius 1 is 1.23 bits per heavy atom. The Labute approximate surface area is 130 Å². The van der Waals surface area contributed by atoms with E-state index in [1.54, 1.807) is 0 Å². The highest BCUT2D eigenvalue weighted by Crippen LogP contribution is 2.43. The van der Waals surface area contributed by atoms with Crippen LogP contribution in [0.3, 0.4) is 0 Å². The number of fused-ring (bicyclic) bond motifs is 2. The van der Waals surface area contributed by atoms with E-state index in [0.29, 0.717) is 38.5 Å². The molecule has 0 radical (unpaired) electrons. The van der Waals surface area contributed by atoms with E-state index in [2.05, 4.69) is 4.74 Å². The van der Waals surface area contributed by atoms with Gasteiger partial charge in [-0.3, -0.25) is 9.59 Å². The average Bonchev–Trinajstić information content (AvgIpc) is 3.05. The molecule has 7 nitrogen and oxygen atoms in total. The Morgan fingerprint density at radius 3 is 2.55 bits per heavy atom. The molecule has 0 aromatic carbocycles. The highest BCUT2D eigenvalue weighted by Gasteiger charge is 2.53. The monoisotopic (exact) mass is 333 g/mol. The van der Waals surface area contributed by atoms with E-state index in [0.717, 1.165) is 6.42 Å². The van der Waals surface area contributed by atoms with Gasteiger partial charge < -0.3 is 9.84 Å². The predicted molar refractivity (Wildman–Crippen MR) is 78.7 cm³/mol. The summed E-state index contributed by atoms with van der Waals surface area (Å²) < 4.78 is 30.9.